The van der Waals surface area contributed by atoms with E-state index in [-0.39, 0.29) is 11.3 Å². The molecule has 0 saturated heterocycles. The number of fused-ring (bicyclic) bond motifs is 3. The van der Waals surface area contributed by atoms with Crippen molar-refractivity contribution in [2.24, 2.45) is 0 Å². The third-order valence-electron chi connectivity index (χ3n) is 7.94. The summed E-state index contributed by atoms with van der Waals surface area (Å²) in [6.07, 6.45) is 12.2. The first-order chi connectivity index (χ1) is 18.9. The highest BCUT2D eigenvalue weighted by molar-refractivity contribution is 5.80. The summed E-state index contributed by atoms with van der Waals surface area (Å²) in [7, 11) is 0. The first kappa shape index (κ1) is 29.2. The zero-order valence-corrected chi connectivity index (χ0v) is 23.6. The van der Waals surface area contributed by atoms with Crippen molar-refractivity contribution in [2.45, 2.75) is 110 Å². The molecule has 39 heavy (non-hydrogen) atoms. The van der Waals surface area contributed by atoms with Gasteiger partial charge in [0.15, 0.2) is 11.6 Å². The Balaban J connectivity index is 1.45. The molecule has 1 aliphatic heterocycles. The average molecular weight is 537 g/mol. The van der Waals surface area contributed by atoms with Gasteiger partial charge in [-0.1, -0.05) is 127 Å². The molecule has 0 aliphatic carbocycles. The summed E-state index contributed by atoms with van der Waals surface area (Å²) in [4.78, 5) is 0. The van der Waals surface area contributed by atoms with Crippen LogP contribution in [0.1, 0.15) is 108 Å². The Labute approximate surface area is 232 Å². The molecule has 0 atom stereocenters. The van der Waals surface area contributed by atoms with Gasteiger partial charge in [-0.3, -0.25) is 0 Å². The van der Waals surface area contributed by atoms with Crippen molar-refractivity contribution < 1.29 is 17.9 Å². The van der Waals surface area contributed by atoms with Gasteiger partial charge in [0.2, 0.25) is 0 Å². The second kappa shape index (κ2) is 14.1. The van der Waals surface area contributed by atoms with E-state index in [1.165, 1.54) is 56.6 Å². The van der Waals surface area contributed by atoms with Gasteiger partial charge < -0.3 is 4.74 Å². The number of halogens is 3. The SMILES string of the molecule is CCCCCCCCCc1ccc(-c2ccc3c(c2)C(F)(F)Oc2c-3ccc(CCCCCCC)c2F)cc1. The molecular formula is C35H43F3O. The van der Waals surface area contributed by atoms with Gasteiger partial charge in [0.05, 0.1) is 5.56 Å². The fourth-order valence-electron chi connectivity index (χ4n) is 5.55. The molecule has 1 heterocycles. The van der Waals surface area contributed by atoms with E-state index in [9.17, 15) is 0 Å². The molecule has 3 aromatic rings. The summed E-state index contributed by atoms with van der Waals surface area (Å²) in [5, 5.41) is 0. The van der Waals surface area contributed by atoms with Crippen LogP contribution in [0.3, 0.4) is 0 Å². The van der Waals surface area contributed by atoms with Crippen LogP contribution in [0.15, 0.2) is 54.6 Å². The number of rotatable bonds is 15. The van der Waals surface area contributed by atoms with Crippen LogP contribution in [-0.4, -0.2) is 0 Å². The molecule has 0 radical (unpaired) electrons. The molecule has 0 unspecified atom stereocenters. The van der Waals surface area contributed by atoms with Crippen molar-refractivity contribution in [2.75, 3.05) is 0 Å². The quantitative estimate of drug-likeness (QED) is 0.176. The van der Waals surface area contributed by atoms with Crippen molar-refractivity contribution >= 4 is 0 Å². The molecule has 0 saturated carbocycles. The summed E-state index contributed by atoms with van der Waals surface area (Å²) in [6.45, 7) is 4.38. The Kier molecular flexibility index (Phi) is 10.5. The van der Waals surface area contributed by atoms with E-state index in [1.807, 2.05) is 18.2 Å². The van der Waals surface area contributed by atoms with Crippen LogP contribution in [0, 0.1) is 5.82 Å². The zero-order chi connectivity index (χ0) is 27.7. The van der Waals surface area contributed by atoms with Gasteiger partial charge in [-0.2, -0.15) is 8.78 Å². The van der Waals surface area contributed by atoms with Crippen molar-refractivity contribution in [3.8, 4) is 28.0 Å². The van der Waals surface area contributed by atoms with Crippen LogP contribution in [0.4, 0.5) is 13.2 Å². The smallest absolute Gasteiger partial charge is 0.425 e. The maximum absolute atomic E-state index is 15.3. The standard InChI is InChI=1S/C35H43F3O/c1-3-5-7-9-10-12-13-15-26-17-19-27(20-18-26)29-22-23-30-31-24-21-28(16-14-11-8-6-4-2)33(36)34(31)39-35(37,38)32(30)25-29/h17-25H,3-16H2,1-2H3. The minimum Gasteiger partial charge on any atom is -0.425 e. The van der Waals surface area contributed by atoms with Crippen LogP contribution in [-0.2, 0) is 19.0 Å². The van der Waals surface area contributed by atoms with Crippen LogP contribution in [0.5, 0.6) is 5.75 Å². The molecule has 3 aromatic carbocycles. The van der Waals surface area contributed by atoms with Crippen LogP contribution >= 0.6 is 0 Å². The van der Waals surface area contributed by atoms with Gasteiger partial charge in [0.1, 0.15) is 0 Å². The number of unbranched alkanes of at least 4 members (excludes halogenated alkanes) is 10. The number of ether oxygens (including phenoxy) is 1. The lowest BCUT2D eigenvalue weighted by Crippen LogP contribution is -2.27. The van der Waals surface area contributed by atoms with E-state index in [4.69, 9.17) is 4.74 Å². The van der Waals surface area contributed by atoms with Gasteiger partial charge >= 0.3 is 6.11 Å². The minimum atomic E-state index is -3.60. The van der Waals surface area contributed by atoms with Gasteiger partial charge in [0.25, 0.3) is 0 Å². The highest BCUT2D eigenvalue weighted by Crippen LogP contribution is 2.49. The second-order valence-electron chi connectivity index (χ2n) is 11.0. The molecule has 0 fully saturated rings. The summed E-state index contributed by atoms with van der Waals surface area (Å²) in [6, 6.07) is 16.6. The summed E-state index contributed by atoms with van der Waals surface area (Å²) in [5.74, 6) is -0.991. The summed E-state index contributed by atoms with van der Waals surface area (Å²) >= 11 is 0. The Morgan fingerprint density at radius 1 is 0.615 bits per heavy atom. The van der Waals surface area contributed by atoms with Crippen molar-refractivity contribution in [3.63, 3.8) is 0 Å². The van der Waals surface area contributed by atoms with Crippen LogP contribution in [0.25, 0.3) is 22.3 Å². The lowest BCUT2D eigenvalue weighted by molar-refractivity contribution is -0.188. The fourth-order valence-corrected chi connectivity index (χ4v) is 5.55. The molecule has 1 nitrogen and oxygen atoms in total. The van der Waals surface area contributed by atoms with Crippen molar-refractivity contribution in [1.82, 2.24) is 0 Å². The van der Waals surface area contributed by atoms with E-state index in [2.05, 4.69) is 26.0 Å². The molecule has 4 rings (SSSR count). The van der Waals surface area contributed by atoms with E-state index in [0.717, 1.165) is 44.1 Å². The van der Waals surface area contributed by atoms with Crippen LogP contribution in [0.2, 0.25) is 0 Å². The molecule has 0 aromatic heterocycles. The predicted molar refractivity (Wildman–Crippen MR) is 156 cm³/mol. The Morgan fingerprint density at radius 3 is 1.85 bits per heavy atom. The molecule has 0 bridgehead atoms. The molecular weight excluding hydrogens is 493 g/mol. The largest absolute Gasteiger partial charge is 0.427 e. The van der Waals surface area contributed by atoms with Crippen LogP contribution < -0.4 is 4.74 Å². The molecule has 210 valence electrons. The first-order valence-corrected chi connectivity index (χ1v) is 15.1. The third kappa shape index (κ3) is 7.47. The summed E-state index contributed by atoms with van der Waals surface area (Å²) < 4.78 is 50.8. The van der Waals surface area contributed by atoms with E-state index >= 15 is 13.2 Å². The van der Waals surface area contributed by atoms with Gasteiger partial charge in [-0.25, -0.2) is 4.39 Å². The van der Waals surface area contributed by atoms with E-state index < -0.39 is 11.9 Å². The normalized spacial score (nSPS) is 13.6. The van der Waals surface area contributed by atoms with Gasteiger partial charge in [-0.05, 0) is 59.6 Å². The molecule has 0 spiro atoms. The lowest BCUT2D eigenvalue weighted by atomic mass is 9.90. The Morgan fingerprint density at radius 2 is 1.18 bits per heavy atom. The van der Waals surface area contributed by atoms with Gasteiger partial charge in [0, 0.05) is 5.56 Å². The predicted octanol–water partition coefficient (Wildman–Crippen LogP) is 11.4. The van der Waals surface area contributed by atoms with Crippen molar-refractivity contribution in [3.05, 3.63) is 77.1 Å². The molecule has 0 amide bonds. The maximum atomic E-state index is 15.3. The number of hydrogen-bond acceptors (Lipinski definition) is 1. The number of hydrogen-bond donors (Lipinski definition) is 0. The highest BCUT2D eigenvalue weighted by atomic mass is 19.3. The Hall–Kier alpha value is -2.75. The van der Waals surface area contributed by atoms with E-state index in [1.54, 1.807) is 18.2 Å². The zero-order valence-electron chi connectivity index (χ0n) is 23.6. The van der Waals surface area contributed by atoms with E-state index in [0.29, 0.717) is 28.7 Å². The topological polar surface area (TPSA) is 9.23 Å². The number of alkyl halides is 2. The summed E-state index contributed by atoms with van der Waals surface area (Å²) in [5.41, 5.74) is 3.79. The minimum absolute atomic E-state index is 0.216. The number of benzene rings is 3. The monoisotopic (exact) mass is 536 g/mol. The third-order valence-corrected chi connectivity index (χ3v) is 7.94. The maximum Gasteiger partial charge on any atom is 0.427 e. The second-order valence-corrected chi connectivity index (χ2v) is 11.0. The molecule has 0 N–H and O–H groups in total. The number of aryl methyl sites for hydroxylation is 2. The van der Waals surface area contributed by atoms with Gasteiger partial charge in [-0.15, -0.1) is 0 Å². The average Bonchev–Trinajstić information content (AvgIpc) is 2.94. The van der Waals surface area contributed by atoms with Crippen molar-refractivity contribution in [1.29, 1.82) is 0 Å². The fraction of sp³-hybridized carbons (Fsp3) is 0.486. The molecule has 4 heteroatoms. The lowest BCUT2D eigenvalue weighted by Gasteiger charge is -2.29. The molecule has 1 aliphatic rings. The first-order valence-electron chi connectivity index (χ1n) is 15.1. The highest BCUT2D eigenvalue weighted by Gasteiger charge is 2.43. The Bertz CT molecular complexity index is 1200.